The molecule has 1 aliphatic carbocycles. The Bertz CT molecular complexity index is 1470. The number of esters is 1. The molecule has 8 heteroatoms. The second-order valence-electron chi connectivity index (χ2n) is 8.71. The highest BCUT2D eigenvalue weighted by Gasteiger charge is 2.43. The Morgan fingerprint density at radius 3 is 2.32 bits per heavy atom. The van der Waals surface area contributed by atoms with Crippen LogP contribution in [0.3, 0.4) is 0 Å². The van der Waals surface area contributed by atoms with Crippen LogP contribution in [0.5, 0.6) is 5.75 Å². The molecule has 188 valence electrons. The van der Waals surface area contributed by atoms with E-state index in [0.717, 1.165) is 22.4 Å². The number of fused-ring (bicyclic) bond motifs is 2. The predicted octanol–water partition coefficient (Wildman–Crippen LogP) is 7.58. The summed E-state index contributed by atoms with van der Waals surface area (Å²) < 4.78 is 12.9. The molecule has 1 aliphatic heterocycles. The fraction of sp³-hybridized carbons (Fsp3) is 0.172. The lowest BCUT2D eigenvalue weighted by atomic mass is 9.80. The van der Waals surface area contributed by atoms with Crippen LogP contribution in [0.1, 0.15) is 46.8 Å². The van der Waals surface area contributed by atoms with E-state index in [4.69, 9.17) is 21.1 Å². The van der Waals surface area contributed by atoms with Gasteiger partial charge in [0.05, 0.1) is 26.8 Å². The van der Waals surface area contributed by atoms with Gasteiger partial charge in [-0.05, 0) is 81.1 Å². The van der Waals surface area contributed by atoms with E-state index in [1.165, 1.54) is 0 Å². The van der Waals surface area contributed by atoms with Gasteiger partial charge in [-0.1, -0.05) is 48.0 Å². The summed E-state index contributed by atoms with van der Waals surface area (Å²) >= 11 is 13.3. The van der Waals surface area contributed by atoms with Gasteiger partial charge in [-0.25, -0.2) is 4.79 Å². The van der Waals surface area contributed by atoms with Crippen molar-refractivity contribution in [2.75, 3.05) is 6.61 Å². The molecule has 1 N–H and O–H groups in total. The summed E-state index contributed by atoms with van der Waals surface area (Å²) in [4.78, 5) is 26.8. The quantitative estimate of drug-likeness (QED) is 0.281. The van der Waals surface area contributed by atoms with E-state index < -0.39 is 11.9 Å². The number of ether oxygens (including phenoxy) is 2. The van der Waals surface area contributed by atoms with E-state index in [2.05, 4.69) is 37.2 Å². The van der Waals surface area contributed by atoms with Crippen LogP contribution in [0.4, 0.5) is 0 Å². The molecule has 0 spiro atoms. The van der Waals surface area contributed by atoms with Crippen molar-refractivity contribution in [2.24, 2.45) is 0 Å². The maximum Gasteiger partial charge on any atom is 0.336 e. The van der Waals surface area contributed by atoms with Crippen LogP contribution >= 0.6 is 43.5 Å². The molecule has 0 saturated carbocycles. The summed E-state index contributed by atoms with van der Waals surface area (Å²) in [5, 5.41) is 3.98. The van der Waals surface area contributed by atoms with Gasteiger partial charge in [0, 0.05) is 33.3 Å². The number of halogens is 3. The van der Waals surface area contributed by atoms with Gasteiger partial charge < -0.3 is 14.8 Å². The van der Waals surface area contributed by atoms with Gasteiger partial charge in [-0.2, -0.15) is 0 Å². The first-order valence-electron chi connectivity index (χ1n) is 11.7. The number of benzene rings is 3. The number of ketones is 1. The van der Waals surface area contributed by atoms with Gasteiger partial charge in [0.2, 0.25) is 0 Å². The second-order valence-corrected chi connectivity index (χ2v) is 10.9. The molecular formula is C29H22Br2ClNO4. The third-order valence-corrected chi connectivity index (χ3v) is 7.82. The van der Waals surface area contributed by atoms with Crippen molar-refractivity contribution in [1.29, 1.82) is 0 Å². The Morgan fingerprint density at radius 2 is 1.68 bits per heavy atom. The summed E-state index contributed by atoms with van der Waals surface area (Å²) in [6.45, 7) is 4.17. The summed E-state index contributed by atoms with van der Waals surface area (Å²) in [6, 6.07) is 18.7. The summed E-state index contributed by atoms with van der Waals surface area (Å²) in [5.41, 5.74) is 5.50. The van der Waals surface area contributed by atoms with Crippen molar-refractivity contribution in [3.63, 3.8) is 0 Å². The molecule has 0 unspecified atom stereocenters. The normalized spacial score (nSPS) is 16.4. The Balaban J connectivity index is 1.57. The molecule has 5 nitrogen and oxygen atoms in total. The zero-order valence-corrected chi connectivity index (χ0v) is 24.0. The molecule has 0 aromatic heterocycles. The van der Waals surface area contributed by atoms with Crippen molar-refractivity contribution >= 4 is 60.9 Å². The van der Waals surface area contributed by atoms with Crippen molar-refractivity contribution < 1.29 is 19.1 Å². The molecule has 2 aliphatic rings. The van der Waals surface area contributed by atoms with Gasteiger partial charge in [0.15, 0.2) is 5.78 Å². The lowest BCUT2D eigenvalue weighted by molar-refractivity contribution is -0.138. The van der Waals surface area contributed by atoms with E-state index in [1.807, 2.05) is 67.6 Å². The van der Waals surface area contributed by atoms with E-state index in [9.17, 15) is 9.59 Å². The Labute approximate surface area is 236 Å². The Kier molecular flexibility index (Phi) is 7.30. The average molecular weight is 644 g/mol. The van der Waals surface area contributed by atoms with Crippen LogP contribution in [-0.2, 0) is 16.1 Å². The van der Waals surface area contributed by atoms with E-state index >= 15 is 0 Å². The Morgan fingerprint density at radius 1 is 1.03 bits per heavy atom. The molecule has 5 rings (SSSR count). The Hall–Kier alpha value is -2.87. The monoisotopic (exact) mass is 641 g/mol. The minimum atomic E-state index is -0.617. The molecule has 0 amide bonds. The highest BCUT2D eigenvalue weighted by Crippen LogP contribution is 2.48. The number of dihydropyridines is 1. The van der Waals surface area contributed by atoms with Gasteiger partial charge in [0.1, 0.15) is 12.4 Å². The number of allylic oxidation sites excluding steroid dienone is 2. The molecule has 0 bridgehead atoms. The standard InChI is InChI=1S/C29H22Br2ClNO4/c1-3-36-29(35)23-15(2)33-26-19-6-4-5-7-20(19)27(34)25(26)24(23)17-12-21(30)28(22(31)13-17)37-14-16-8-10-18(32)11-9-16/h4-13,24,33H,3,14H2,1-2H3/t24-/m0/s1. The van der Waals surface area contributed by atoms with Gasteiger partial charge in [-0.15, -0.1) is 0 Å². The average Bonchev–Trinajstić information content (AvgIpc) is 3.15. The predicted molar refractivity (Wildman–Crippen MR) is 151 cm³/mol. The molecule has 0 fully saturated rings. The lowest BCUT2D eigenvalue weighted by Gasteiger charge is -2.29. The molecule has 0 saturated heterocycles. The molecule has 37 heavy (non-hydrogen) atoms. The molecule has 3 aromatic carbocycles. The maximum absolute atomic E-state index is 13.6. The lowest BCUT2D eigenvalue weighted by Crippen LogP contribution is -2.29. The van der Waals surface area contributed by atoms with Crippen LogP contribution in [0.2, 0.25) is 5.02 Å². The maximum atomic E-state index is 13.6. The minimum absolute atomic E-state index is 0.104. The third kappa shape index (κ3) is 4.76. The molecule has 3 aromatic rings. The van der Waals surface area contributed by atoms with E-state index in [1.54, 1.807) is 6.92 Å². The van der Waals surface area contributed by atoms with E-state index in [-0.39, 0.29) is 12.4 Å². The SMILES string of the molecule is CCOC(=O)C1=C(C)NC2=C(C(=O)c3ccccc32)[C@H]1c1cc(Br)c(OCc2ccc(Cl)cc2)c(Br)c1. The van der Waals surface area contributed by atoms with Crippen LogP contribution < -0.4 is 10.1 Å². The fourth-order valence-corrected chi connectivity index (χ4v) is 6.34. The first kappa shape index (κ1) is 25.8. The van der Waals surface area contributed by atoms with Crippen LogP contribution in [0.15, 0.2) is 86.5 Å². The second kappa shape index (κ2) is 10.5. The summed E-state index contributed by atoms with van der Waals surface area (Å²) in [5.74, 6) is -0.565. The molecule has 1 heterocycles. The first-order chi connectivity index (χ1) is 17.8. The number of rotatable bonds is 6. The number of nitrogens with one attached hydrogen (secondary N) is 1. The van der Waals surface area contributed by atoms with Gasteiger partial charge in [0.25, 0.3) is 0 Å². The zero-order valence-electron chi connectivity index (χ0n) is 20.0. The molecular weight excluding hydrogens is 622 g/mol. The van der Waals surface area contributed by atoms with E-state index in [0.29, 0.717) is 48.7 Å². The van der Waals surface area contributed by atoms with Crippen molar-refractivity contribution in [1.82, 2.24) is 5.32 Å². The largest absolute Gasteiger partial charge is 0.487 e. The van der Waals surface area contributed by atoms with Crippen LogP contribution in [-0.4, -0.2) is 18.4 Å². The van der Waals surface area contributed by atoms with Crippen LogP contribution in [0, 0.1) is 0 Å². The number of carbonyl (C=O) groups is 2. The summed E-state index contributed by atoms with van der Waals surface area (Å²) in [6.07, 6.45) is 0. The van der Waals surface area contributed by atoms with Crippen molar-refractivity contribution in [3.8, 4) is 5.75 Å². The van der Waals surface area contributed by atoms with Gasteiger partial charge >= 0.3 is 5.97 Å². The number of hydrogen-bond acceptors (Lipinski definition) is 5. The molecule has 1 atom stereocenters. The summed E-state index contributed by atoms with van der Waals surface area (Å²) in [7, 11) is 0. The zero-order chi connectivity index (χ0) is 26.3. The van der Waals surface area contributed by atoms with Crippen molar-refractivity contribution in [2.45, 2.75) is 26.4 Å². The highest BCUT2D eigenvalue weighted by atomic mass is 79.9. The van der Waals surface area contributed by atoms with Gasteiger partial charge in [-0.3, -0.25) is 4.79 Å². The third-order valence-electron chi connectivity index (χ3n) is 6.39. The fourth-order valence-electron chi connectivity index (χ4n) is 4.76. The first-order valence-corrected chi connectivity index (χ1v) is 13.7. The topological polar surface area (TPSA) is 64.6 Å². The van der Waals surface area contributed by atoms with Crippen molar-refractivity contribution in [3.05, 3.63) is 114 Å². The number of carbonyl (C=O) groups excluding carboxylic acids is 2. The van der Waals surface area contributed by atoms with Crippen LogP contribution in [0.25, 0.3) is 5.70 Å². The number of hydrogen-bond donors (Lipinski definition) is 1. The number of Topliss-reactive ketones (excluding diaryl/α,β-unsaturated/α-hetero) is 1. The molecule has 0 radical (unpaired) electrons. The smallest absolute Gasteiger partial charge is 0.336 e. The minimum Gasteiger partial charge on any atom is -0.487 e. The highest BCUT2D eigenvalue weighted by molar-refractivity contribution is 9.11.